The number of hydrogen-bond acceptors (Lipinski definition) is 1. The van der Waals surface area contributed by atoms with Gasteiger partial charge in [0.1, 0.15) is 0 Å². The second kappa shape index (κ2) is 7.19. The van der Waals surface area contributed by atoms with Crippen molar-refractivity contribution in [3.63, 3.8) is 0 Å². The summed E-state index contributed by atoms with van der Waals surface area (Å²) < 4.78 is 0. The van der Waals surface area contributed by atoms with E-state index in [1.165, 1.54) is 24.9 Å². The first kappa shape index (κ1) is 10.8. The molecule has 0 aliphatic carbocycles. The first-order chi connectivity index (χ1) is 6.93. The maximum absolute atomic E-state index is 3.33. The van der Waals surface area contributed by atoms with Crippen LogP contribution in [-0.2, 0) is 0 Å². The van der Waals surface area contributed by atoms with E-state index in [-0.39, 0.29) is 0 Å². The van der Waals surface area contributed by atoms with E-state index in [9.17, 15) is 0 Å². The summed E-state index contributed by atoms with van der Waals surface area (Å²) in [5.41, 5.74) is 1.19. The largest absolute Gasteiger partial charge is 0.382 e. The molecule has 0 aliphatic heterocycles. The minimum atomic E-state index is 0.924. The lowest BCUT2D eigenvalue weighted by molar-refractivity contribution is 0.813. The first-order valence-corrected chi connectivity index (χ1v) is 5.37. The molecule has 0 aliphatic rings. The van der Waals surface area contributed by atoms with Crippen LogP contribution in [0, 0.1) is 0 Å². The minimum Gasteiger partial charge on any atom is -0.382 e. The highest BCUT2D eigenvalue weighted by Crippen LogP contribution is 2.04. The number of benzene rings is 1. The Balaban J connectivity index is 2.12. The number of anilines is 1. The van der Waals surface area contributed by atoms with Gasteiger partial charge in [0.25, 0.3) is 0 Å². The van der Waals surface area contributed by atoms with Gasteiger partial charge in [-0.15, -0.1) is 0 Å². The van der Waals surface area contributed by atoms with Gasteiger partial charge < -0.3 is 5.32 Å². The topological polar surface area (TPSA) is 12.0 Å². The number of rotatable bonds is 6. The monoisotopic (exact) mass is 189 g/mol. The lowest BCUT2D eigenvalue weighted by Gasteiger charge is -2.01. The molecular weight excluding hydrogens is 170 g/mol. The molecule has 0 radical (unpaired) electrons. The Morgan fingerprint density at radius 1 is 1.14 bits per heavy atom. The summed E-state index contributed by atoms with van der Waals surface area (Å²) in [6.45, 7) is 3.14. The fourth-order valence-electron chi connectivity index (χ4n) is 1.26. The molecule has 0 heterocycles. The van der Waals surface area contributed by atoms with E-state index in [4.69, 9.17) is 0 Å². The molecule has 14 heavy (non-hydrogen) atoms. The Labute approximate surface area is 86.8 Å². The van der Waals surface area contributed by atoms with Crippen molar-refractivity contribution in [1.29, 1.82) is 0 Å². The van der Waals surface area contributed by atoms with E-state index in [1.807, 2.05) is 18.2 Å². The third-order valence-corrected chi connectivity index (χ3v) is 2.09. The number of para-hydroxylation sites is 1. The number of hydrogen-bond donors (Lipinski definition) is 1. The zero-order valence-corrected chi connectivity index (χ0v) is 8.87. The molecule has 0 fully saturated rings. The van der Waals surface area contributed by atoms with E-state index in [0.717, 1.165) is 6.54 Å². The van der Waals surface area contributed by atoms with Crippen LogP contribution < -0.4 is 5.32 Å². The molecule has 0 spiro atoms. The summed E-state index contributed by atoms with van der Waals surface area (Å²) in [4.78, 5) is 0. The maximum Gasteiger partial charge on any atom is 0.0342 e. The van der Waals surface area contributed by atoms with Crippen molar-refractivity contribution >= 4 is 5.69 Å². The van der Waals surface area contributed by atoms with E-state index < -0.39 is 0 Å². The van der Waals surface area contributed by atoms with Crippen LogP contribution in [-0.4, -0.2) is 6.54 Å². The van der Waals surface area contributed by atoms with E-state index >= 15 is 0 Å². The fraction of sp³-hybridized carbons (Fsp3) is 0.385. The molecule has 1 N–H and O–H groups in total. The summed E-state index contributed by atoms with van der Waals surface area (Å²) in [5, 5.41) is 3.33. The molecule has 76 valence electrons. The third kappa shape index (κ3) is 4.70. The molecule has 0 unspecified atom stereocenters. The van der Waals surface area contributed by atoms with E-state index in [1.54, 1.807) is 0 Å². The fourth-order valence-corrected chi connectivity index (χ4v) is 1.26. The number of unbranched alkanes of at least 4 members (excludes halogenated alkanes) is 2. The Hall–Kier alpha value is -1.24. The Bertz CT molecular complexity index is 251. The smallest absolute Gasteiger partial charge is 0.0342 e. The van der Waals surface area contributed by atoms with Gasteiger partial charge in [0.15, 0.2) is 0 Å². The van der Waals surface area contributed by atoms with Crippen LogP contribution >= 0.6 is 0 Å². The van der Waals surface area contributed by atoms with Gasteiger partial charge in [0, 0.05) is 12.2 Å². The maximum atomic E-state index is 3.33. The molecule has 1 aromatic rings. The van der Waals surface area contributed by atoms with Crippen molar-refractivity contribution in [1.82, 2.24) is 0 Å². The normalized spacial score (nSPS) is 10.6. The number of allylic oxidation sites excluding steroid dienone is 1. The predicted molar refractivity (Wildman–Crippen MR) is 63.6 cm³/mol. The minimum absolute atomic E-state index is 0.924. The Morgan fingerprint density at radius 3 is 2.64 bits per heavy atom. The van der Waals surface area contributed by atoms with Crippen LogP contribution in [0.25, 0.3) is 0 Å². The van der Waals surface area contributed by atoms with E-state index in [0.29, 0.717) is 0 Å². The molecule has 0 atom stereocenters. The van der Waals surface area contributed by atoms with Crippen LogP contribution in [0.5, 0.6) is 0 Å². The molecule has 0 aromatic heterocycles. The third-order valence-electron chi connectivity index (χ3n) is 2.09. The van der Waals surface area contributed by atoms with Gasteiger partial charge in [-0.05, 0) is 18.6 Å². The number of nitrogens with one attached hydrogen (secondary N) is 1. The molecule has 0 saturated carbocycles. The molecule has 1 rings (SSSR count). The SMILES string of the molecule is CCCC/C=C/CNc1ccccc1. The summed E-state index contributed by atoms with van der Waals surface area (Å²) in [6, 6.07) is 10.3. The summed E-state index contributed by atoms with van der Waals surface area (Å²) in [5.74, 6) is 0. The second-order valence-corrected chi connectivity index (χ2v) is 3.36. The summed E-state index contributed by atoms with van der Waals surface area (Å²) >= 11 is 0. The van der Waals surface area contributed by atoms with Crippen molar-refractivity contribution in [3.05, 3.63) is 42.5 Å². The van der Waals surface area contributed by atoms with Crippen LogP contribution in [0.15, 0.2) is 42.5 Å². The second-order valence-electron chi connectivity index (χ2n) is 3.36. The van der Waals surface area contributed by atoms with Gasteiger partial charge >= 0.3 is 0 Å². The van der Waals surface area contributed by atoms with Crippen molar-refractivity contribution < 1.29 is 0 Å². The molecule has 1 heteroatoms. The van der Waals surface area contributed by atoms with Gasteiger partial charge in [-0.2, -0.15) is 0 Å². The summed E-state index contributed by atoms with van der Waals surface area (Å²) in [6.07, 6.45) is 8.22. The average molecular weight is 189 g/mol. The van der Waals surface area contributed by atoms with Crippen molar-refractivity contribution in [3.8, 4) is 0 Å². The highest BCUT2D eigenvalue weighted by molar-refractivity contribution is 5.42. The zero-order chi connectivity index (χ0) is 10.1. The average Bonchev–Trinajstić information content (AvgIpc) is 2.25. The Kier molecular flexibility index (Phi) is 5.57. The lowest BCUT2D eigenvalue weighted by Crippen LogP contribution is -1.96. The van der Waals surface area contributed by atoms with Crippen LogP contribution in [0.1, 0.15) is 26.2 Å². The quantitative estimate of drug-likeness (QED) is 0.529. The van der Waals surface area contributed by atoms with Crippen molar-refractivity contribution in [2.24, 2.45) is 0 Å². The van der Waals surface area contributed by atoms with Gasteiger partial charge in [-0.25, -0.2) is 0 Å². The molecule has 0 bridgehead atoms. The Morgan fingerprint density at radius 2 is 1.93 bits per heavy atom. The van der Waals surface area contributed by atoms with Gasteiger partial charge in [-0.1, -0.05) is 50.1 Å². The van der Waals surface area contributed by atoms with Crippen LogP contribution in [0.4, 0.5) is 5.69 Å². The zero-order valence-electron chi connectivity index (χ0n) is 8.87. The van der Waals surface area contributed by atoms with Gasteiger partial charge in [0.2, 0.25) is 0 Å². The predicted octanol–water partition coefficient (Wildman–Crippen LogP) is 3.84. The van der Waals surface area contributed by atoms with E-state index in [2.05, 4.69) is 36.5 Å². The molecule has 1 nitrogen and oxygen atoms in total. The molecule has 0 saturated heterocycles. The standard InChI is InChI=1S/C13H19N/c1-2-3-4-5-9-12-14-13-10-7-6-8-11-13/h5-11,14H,2-4,12H2,1H3/b9-5+. The van der Waals surface area contributed by atoms with Gasteiger partial charge in [-0.3, -0.25) is 0 Å². The lowest BCUT2D eigenvalue weighted by atomic mass is 10.2. The van der Waals surface area contributed by atoms with Crippen molar-refractivity contribution in [2.45, 2.75) is 26.2 Å². The summed E-state index contributed by atoms with van der Waals surface area (Å²) in [7, 11) is 0. The first-order valence-electron chi connectivity index (χ1n) is 5.37. The van der Waals surface area contributed by atoms with Gasteiger partial charge in [0.05, 0.1) is 0 Å². The molecule has 1 aromatic carbocycles. The van der Waals surface area contributed by atoms with Crippen LogP contribution in [0.2, 0.25) is 0 Å². The molecule has 0 amide bonds. The van der Waals surface area contributed by atoms with Crippen LogP contribution in [0.3, 0.4) is 0 Å². The highest BCUT2D eigenvalue weighted by Gasteiger charge is 1.84. The highest BCUT2D eigenvalue weighted by atomic mass is 14.8. The molecular formula is C13H19N. The van der Waals surface area contributed by atoms with Crippen molar-refractivity contribution in [2.75, 3.05) is 11.9 Å².